The van der Waals surface area contributed by atoms with E-state index in [9.17, 15) is 9.59 Å². The summed E-state index contributed by atoms with van der Waals surface area (Å²) in [5, 5.41) is 6.01. The van der Waals surface area contributed by atoms with E-state index in [-0.39, 0.29) is 5.91 Å². The van der Waals surface area contributed by atoms with Crippen LogP contribution in [0.1, 0.15) is 34.6 Å². The minimum atomic E-state index is -0.555. The molecular formula is C14H27N3O3. The Labute approximate surface area is 121 Å². The zero-order chi connectivity index (χ0) is 15.3. The summed E-state index contributed by atoms with van der Waals surface area (Å²) in [6, 6.07) is -0.502. The van der Waals surface area contributed by atoms with Crippen LogP contribution in [0, 0.1) is 5.92 Å². The van der Waals surface area contributed by atoms with Crippen molar-refractivity contribution in [2.24, 2.45) is 5.92 Å². The quantitative estimate of drug-likeness (QED) is 0.810. The van der Waals surface area contributed by atoms with E-state index >= 15 is 0 Å². The molecule has 6 nitrogen and oxygen atoms in total. The van der Waals surface area contributed by atoms with Gasteiger partial charge in [0.25, 0.3) is 0 Å². The first kappa shape index (κ1) is 16.8. The molecule has 2 N–H and O–H groups in total. The molecule has 0 aliphatic carbocycles. The van der Waals surface area contributed by atoms with E-state index in [1.54, 1.807) is 0 Å². The second-order valence-electron chi connectivity index (χ2n) is 6.53. The molecule has 0 bridgehead atoms. The highest BCUT2D eigenvalue weighted by Gasteiger charge is 2.34. The predicted molar refractivity (Wildman–Crippen MR) is 77.4 cm³/mol. The molecule has 1 heterocycles. The third-order valence-electron chi connectivity index (χ3n) is 2.86. The Bertz CT molecular complexity index is 350. The van der Waals surface area contributed by atoms with E-state index in [1.807, 2.05) is 34.6 Å². The second kappa shape index (κ2) is 6.92. The minimum absolute atomic E-state index is 0.128. The van der Waals surface area contributed by atoms with E-state index in [2.05, 4.69) is 10.6 Å². The van der Waals surface area contributed by atoms with E-state index in [1.165, 1.54) is 4.90 Å². The molecule has 1 fully saturated rings. The van der Waals surface area contributed by atoms with Gasteiger partial charge < -0.3 is 15.4 Å². The average Bonchev–Trinajstić information content (AvgIpc) is 2.33. The maximum Gasteiger partial charge on any atom is 0.411 e. The fourth-order valence-corrected chi connectivity index (χ4v) is 1.90. The zero-order valence-corrected chi connectivity index (χ0v) is 13.2. The van der Waals surface area contributed by atoms with Gasteiger partial charge in [-0.1, -0.05) is 13.8 Å². The largest absolute Gasteiger partial charge is 0.444 e. The van der Waals surface area contributed by atoms with Crippen molar-refractivity contribution < 1.29 is 14.3 Å². The van der Waals surface area contributed by atoms with E-state index in [0.29, 0.717) is 32.1 Å². The average molecular weight is 285 g/mol. The monoisotopic (exact) mass is 285 g/mol. The van der Waals surface area contributed by atoms with Crippen molar-refractivity contribution in [2.75, 3.05) is 26.2 Å². The molecule has 0 aromatic heterocycles. The van der Waals surface area contributed by atoms with Crippen LogP contribution >= 0.6 is 0 Å². The number of piperazine rings is 1. The molecule has 1 aliphatic heterocycles. The van der Waals surface area contributed by atoms with Crippen LogP contribution in [0.5, 0.6) is 0 Å². The highest BCUT2D eigenvalue weighted by atomic mass is 16.6. The molecule has 1 unspecified atom stereocenters. The van der Waals surface area contributed by atoms with Gasteiger partial charge in [0.1, 0.15) is 11.6 Å². The maximum absolute atomic E-state index is 12.2. The van der Waals surface area contributed by atoms with Crippen molar-refractivity contribution >= 4 is 12.0 Å². The van der Waals surface area contributed by atoms with Crippen molar-refractivity contribution in [3.8, 4) is 0 Å². The molecule has 0 radical (unpaired) electrons. The Kier molecular flexibility index (Phi) is 5.80. The van der Waals surface area contributed by atoms with Crippen molar-refractivity contribution in [3.63, 3.8) is 0 Å². The molecule has 2 amide bonds. The molecular weight excluding hydrogens is 258 g/mol. The number of nitrogens with one attached hydrogen (secondary N) is 2. The molecule has 116 valence electrons. The van der Waals surface area contributed by atoms with Crippen LogP contribution in [0.25, 0.3) is 0 Å². The Balaban J connectivity index is 2.66. The first-order valence-corrected chi connectivity index (χ1v) is 7.19. The van der Waals surface area contributed by atoms with Crippen LogP contribution in [-0.2, 0) is 9.53 Å². The number of ether oxygens (including phenoxy) is 1. The topological polar surface area (TPSA) is 70.7 Å². The van der Waals surface area contributed by atoms with Gasteiger partial charge in [0.05, 0.1) is 0 Å². The van der Waals surface area contributed by atoms with Crippen molar-refractivity contribution in [3.05, 3.63) is 0 Å². The number of rotatable bonds is 3. The lowest BCUT2D eigenvalue weighted by Crippen LogP contribution is -2.60. The van der Waals surface area contributed by atoms with E-state index in [0.717, 1.165) is 0 Å². The Morgan fingerprint density at radius 2 is 2.05 bits per heavy atom. The van der Waals surface area contributed by atoms with Gasteiger partial charge in [0.2, 0.25) is 5.91 Å². The molecule has 0 aromatic rings. The van der Waals surface area contributed by atoms with Gasteiger partial charge in [-0.3, -0.25) is 9.69 Å². The van der Waals surface area contributed by atoms with Gasteiger partial charge in [-0.15, -0.1) is 0 Å². The number of carbonyl (C=O) groups excluding carboxylic acids is 2. The summed E-state index contributed by atoms with van der Waals surface area (Å²) >= 11 is 0. The molecule has 1 rings (SSSR count). The summed E-state index contributed by atoms with van der Waals surface area (Å²) in [6.07, 6.45) is -0.427. The Morgan fingerprint density at radius 1 is 1.40 bits per heavy atom. The molecule has 0 spiro atoms. The Morgan fingerprint density at radius 3 is 2.60 bits per heavy atom. The minimum Gasteiger partial charge on any atom is -0.444 e. The molecule has 20 heavy (non-hydrogen) atoms. The summed E-state index contributed by atoms with van der Waals surface area (Å²) in [5.74, 6) is 0.252. The maximum atomic E-state index is 12.2. The lowest BCUT2D eigenvalue weighted by Gasteiger charge is -2.36. The van der Waals surface area contributed by atoms with Crippen LogP contribution in [-0.4, -0.2) is 54.7 Å². The van der Waals surface area contributed by atoms with Gasteiger partial charge in [-0.2, -0.15) is 0 Å². The summed E-state index contributed by atoms with van der Waals surface area (Å²) in [7, 11) is 0. The third-order valence-corrected chi connectivity index (χ3v) is 2.86. The van der Waals surface area contributed by atoms with Crippen molar-refractivity contribution in [2.45, 2.75) is 46.3 Å². The molecule has 6 heteroatoms. The third kappa shape index (κ3) is 5.36. The first-order valence-electron chi connectivity index (χ1n) is 7.19. The summed E-state index contributed by atoms with van der Waals surface area (Å²) in [4.78, 5) is 25.9. The van der Waals surface area contributed by atoms with Gasteiger partial charge in [-0.05, 0) is 26.7 Å². The number of hydrogen-bond acceptors (Lipinski definition) is 4. The van der Waals surface area contributed by atoms with Crippen LogP contribution in [0.2, 0.25) is 0 Å². The molecule has 1 aliphatic rings. The lowest BCUT2D eigenvalue weighted by molar-refractivity contribution is -0.127. The lowest BCUT2D eigenvalue weighted by atomic mass is 10.1. The fourth-order valence-electron chi connectivity index (χ4n) is 1.90. The van der Waals surface area contributed by atoms with Gasteiger partial charge in [0, 0.05) is 26.2 Å². The van der Waals surface area contributed by atoms with E-state index in [4.69, 9.17) is 4.74 Å². The summed E-state index contributed by atoms with van der Waals surface area (Å²) in [5.41, 5.74) is -0.555. The number of hydrogen-bond donors (Lipinski definition) is 2. The number of amides is 2. The molecule has 0 aromatic carbocycles. The molecule has 0 saturated carbocycles. The van der Waals surface area contributed by atoms with Crippen molar-refractivity contribution in [1.82, 2.24) is 15.5 Å². The molecule has 1 atom stereocenters. The SMILES string of the molecule is CC(C)CNC(=O)C1CNCCN1C(=O)OC(C)(C)C. The Hall–Kier alpha value is -1.30. The van der Waals surface area contributed by atoms with Gasteiger partial charge in [-0.25, -0.2) is 4.79 Å². The van der Waals surface area contributed by atoms with Gasteiger partial charge in [0.15, 0.2) is 0 Å². The highest BCUT2D eigenvalue weighted by Crippen LogP contribution is 2.13. The number of carbonyl (C=O) groups is 2. The highest BCUT2D eigenvalue weighted by molar-refractivity contribution is 5.86. The zero-order valence-electron chi connectivity index (χ0n) is 13.2. The second-order valence-corrected chi connectivity index (χ2v) is 6.53. The number of nitrogens with zero attached hydrogens (tertiary/aromatic N) is 1. The smallest absolute Gasteiger partial charge is 0.411 e. The van der Waals surface area contributed by atoms with E-state index < -0.39 is 17.7 Å². The summed E-state index contributed by atoms with van der Waals surface area (Å²) < 4.78 is 5.36. The molecule has 1 saturated heterocycles. The first-order chi connectivity index (χ1) is 9.20. The predicted octanol–water partition coefficient (Wildman–Crippen LogP) is 0.968. The standard InChI is InChI=1S/C14H27N3O3/c1-10(2)8-16-12(18)11-9-15-6-7-17(11)13(19)20-14(3,4)5/h10-11,15H,6-9H2,1-5H3,(H,16,18). The van der Waals surface area contributed by atoms with Crippen LogP contribution in [0.3, 0.4) is 0 Å². The summed E-state index contributed by atoms with van der Waals surface area (Å²) in [6.45, 7) is 11.8. The fraction of sp³-hybridized carbons (Fsp3) is 0.857. The normalized spacial score (nSPS) is 19.9. The van der Waals surface area contributed by atoms with Gasteiger partial charge >= 0.3 is 6.09 Å². The van der Waals surface area contributed by atoms with Crippen LogP contribution in [0.15, 0.2) is 0 Å². The van der Waals surface area contributed by atoms with Crippen LogP contribution < -0.4 is 10.6 Å². The van der Waals surface area contributed by atoms with Crippen LogP contribution in [0.4, 0.5) is 4.79 Å². The van der Waals surface area contributed by atoms with Crippen molar-refractivity contribution in [1.29, 1.82) is 0 Å².